The van der Waals surface area contributed by atoms with Crippen LogP contribution in [0.2, 0.25) is 15.1 Å². The first-order valence-electron chi connectivity index (χ1n) is 6.03. The highest BCUT2D eigenvalue weighted by Gasteiger charge is 2.09. The average Bonchev–Trinajstić information content (AvgIpc) is 2.47. The summed E-state index contributed by atoms with van der Waals surface area (Å²) < 4.78 is 0. The third-order valence-electron chi connectivity index (χ3n) is 2.78. The molecule has 0 spiro atoms. The van der Waals surface area contributed by atoms with E-state index in [0.717, 1.165) is 5.56 Å². The van der Waals surface area contributed by atoms with E-state index in [2.05, 4.69) is 10.5 Å². The molecule has 0 aliphatic rings. The van der Waals surface area contributed by atoms with Crippen molar-refractivity contribution >= 4 is 46.4 Å². The summed E-state index contributed by atoms with van der Waals surface area (Å²) in [6.07, 6.45) is 0. The fraction of sp³-hybridized carbons (Fsp3) is 0.0667. The second-order valence-corrected chi connectivity index (χ2v) is 5.47. The molecule has 0 heterocycles. The highest BCUT2D eigenvalue weighted by molar-refractivity contribution is 6.42. The Morgan fingerprint density at radius 3 is 2.38 bits per heavy atom. The second-order valence-electron chi connectivity index (χ2n) is 4.25. The van der Waals surface area contributed by atoms with Crippen LogP contribution in [-0.2, 0) is 0 Å². The van der Waals surface area contributed by atoms with Gasteiger partial charge in [0.05, 0.1) is 26.3 Å². The van der Waals surface area contributed by atoms with Crippen molar-refractivity contribution in [2.24, 2.45) is 5.10 Å². The fourth-order valence-electron chi connectivity index (χ4n) is 1.63. The van der Waals surface area contributed by atoms with Crippen LogP contribution in [0.4, 0.5) is 0 Å². The largest absolute Gasteiger partial charge is 0.272 e. The summed E-state index contributed by atoms with van der Waals surface area (Å²) in [5, 5.41) is 5.31. The number of hydrogen-bond donors (Lipinski definition) is 1. The highest BCUT2D eigenvalue weighted by atomic mass is 35.5. The number of amides is 1. The van der Waals surface area contributed by atoms with E-state index in [-0.39, 0.29) is 5.91 Å². The van der Waals surface area contributed by atoms with E-state index < -0.39 is 0 Å². The fourth-order valence-corrected chi connectivity index (χ4v) is 2.15. The second kappa shape index (κ2) is 6.94. The van der Waals surface area contributed by atoms with Crippen LogP contribution in [0, 0.1) is 0 Å². The zero-order chi connectivity index (χ0) is 15.4. The van der Waals surface area contributed by atoms with Gasteiger partial charge in [-0.15, -0.1) is 0 Å². The maximum atomic E-state index is 12.0. The number of hydrazone groups is 1. The van der Waals surface area contributed by atoms with Gasteiger partial charge in [0.25, 0.3) is 5.91 Å². The molecular weight excluding hydrogens is 331 g/mol. The van der Waals surface area contributed by atoms with Gasteiger partial charge in [-0.2, -0.15) is 5.10 Å². The molecule has 0 atom stereocenters. The van der Waals surface area contributed by atoms with Gasteiger partial charge in [-0.05, 0) is 36.8 Å². The maximum absolute atomic E-state index is 12.0. The van der Waals surface area contributed by atoms with Gasteiger partial charge >= 0.3 is 0 Å². The zero-order valence-electron chi connectivity index (χ0n) is 11.0. The Bertz CT molecular complexity index is 714. The van der Waals surface area contributed by atoms with Gasteiger partial charge in [-0.1, -0.05) is 53.0 Å². The number of rotatable bonds is 3. The molecule has 0 saturated heterocycles. The summed E-state index contributed by atoms with van der Waals surface area (Å²) in [6.45, 7) is 1.76. The molecule has 0 aromatic heterocycles. The van der Waals surface area contributed by atoms with E-state index in [1.54, 1.807) is 49.4 Å². The Labute approximate surface area is 137 Å². The minimum absolute atomic E-state index is 0.366. The topological polar surface area (TPSA) is 41.5 Å². The molecule has 1 amide bonds. The smallest absolute Gasteiger partial charge is 0.267 e. The average molecular weight is 342 g/mol. The standard InChI is InChI=1S/C15H11Cl3N2O/c1-9(10-6-7-13(17)14(18)8-10)19-20-15(21)11-4-2-3-5-12(11)16/h2-8H,1H3,(H,20,21). The number of carbonyl (C=O) groups excluding carboxylic acids is 1. The number of benzene rings is 2. The van der Waals surface area contributed by atoms with Gasteiger partial charge in [0.1, 0.15) is 0 Å². The van der Waals surface area contributed by atoms with Crippen molar-refractivity contribution in [2.45, 2.75) is 6.92 Å². The Morgan fingerprint density at radius 1 is 1.00 bits per heavy atom. The molecule has 2 rings (SSSR count). The first kappa shape index (κ1) is 15.8. The van der Waals surface area contributed by atoms with E-state index in [4.69, 9.17) is 34.8 Å². The van der Waals surface area contributed by atoms with Crippen LogP contribution < -0.4 is 5.43 Å². The lowest BCUT2D eigenvalue weighted by molar-refractivity contribution is 0.0955. The molecule has 2 aromatic carbocycles. The van der Waals surface area contributed by atoms with Crippen molar-refractivity contribution in [3.8, 4) is 0 Å². The van der Waals surface area contributed by atoms with Gasteiger partial charge in [0, 0.05) is 0 Å². The lowest BCUT2D eigenvalue weighted by Gasteiger charge is -2.05. The molecule has 0 aliphatic carbocycles. The Balaban J connectivity index is 2.15. The lowest BCUT2D eigenvalue weighted by atomic mass is 10.1. The van der Waals surface area contributed by atoms with E-state index >= 15 is 0 Å². The van der Waals surface area contributed by atoms with Crippen molar-refractivity contribution in [1.82, 2.24) is 5.43 Å². The summed E-state index contributed by atoms with van der Waals surface area (Å²) in [7, 11) is 0. The van der Waals surface area contributed by atoms with Crippen molar-refractivity contribution in [2.75, 3.05) is 0 Å². The van der Waals surface area contributed by atoms with Crippen molar-refractivity contribution in [1.29, 1.82) is 0 Å². The first-order chi connectivity index (χ1) is 9.99. The molecular formula is C15H11Cl3N2O. The predicted octanol–water partition coefficient (Wildman–Crippen LogP) is 4.80. The molecule has 108 valence electrons. The van der Waals surface area contributed by atoms with Crippen LogP contribution in [0.5, 0.6) is 0 Å². The summed E-state index contributed by atoms with van der Waals surface area (Å²) in [4.78, 5) is 12.0. The van der Waals surface area contributed by atoms with E-state index in [1.165, 1.54) is 0 Å². The monoisotopic (exact) mass is 340 g/mol. The Morgan fingerprint density at radius 2 is 1.71 bits per heavy atom. The first-order valence-corrected chi connectivity index (χ1v) is 7.17. The van der Waals surface area contributed by atoms with Crippen molar-refractivity contribution in [3.05, 3.63) is 68.7 Å². The number of hydrogen-bond acceptors (Lipinski definition) is 2. The van der Waals surface area contributed by atoms with Gasteiger partial charge < -0.3 is 0 Å². The summed E-state index contributed by atoms with van der Waals surface area (Å²) in [5.74, 6) is -0.375. The van der Waals surface area contributed by atoms with Crippen LogP contribution >= 0.6 is 34.8 Å². The number of nitrogens with zero attached hydrogens (tertiary/aromatic N) is 1. The minimum atomic E-state index is -0.375. The van der Waals surface area contributed by atoms with Crippen LogP contribution in [0.25, 0.3) is 0 Å². The summed E-state index contributed by atoms with van der Waals surface area (Å²) >= 11 is 17.7. The molecule has 0 saturated carbocycles. The third kappa shape index (κ3) is 3.97. The van der Waals surface area contributed by atoms with Crippen LogP contribution in [0.1, 0.15) is 22.8 Å². The molecule has 21 heavy (non-hydrogen) atoms. The Kier molecular flexibility index (Phi) is 5.23. The molecule has 1 N–H and O–H groups in total. The van der Waals surface area contributed by atoms with Gasteiger partial charge in [0.15, 0.2) is 0 Å². The predicted molar refractivity (Wildman–Crippen MR) is 87.6 cm³/mol. The number of nitrogens with one attached hydrogen (secondary N) is 1. The Hall–Kier alpha value is -1.55. The van der Waals surface area contributed by atoms with Crippen molar-refractivity contribution in [3.63, 3.8) is 0 Å². The van der Waals surface area contributed by atoms with E-state index in [0.29, 0.717) is 26.3 Å². The number of carbonyl (C=O) groups is 1. The third-order valence-corrected chi connectivity index (χ3v) is 3.85. The SMILES string of the molecule is CC(=NNC(=O)c1ccccc1Cl)c1ccc(Cl)c(Cl)c1. The van der Waals surface area contributed by atoms with E-state index in [1.807, 2.05) is 0 Å². The maximum Gasteiger partial charge on any atom is 0.272 e. The molecule has 0 radical (unpaired) electrons. The molecule has 0 unspecified atom stereocenters. The van der Waals surface area contributed by atoms with Crippen LogP contribution in [0.3, 0.4) is 0 Å². The molecule has 0 fully saturated rings. The van der Waals surface area contributed by atoms with Gasteiger partial charge in [-0.3, -0.25) is 4.79 Å². The van der Waals surface area contributed by atoms with Gasteiger partial charge in [-0.25, -0.2) is 5.43 Å². The highest BCUT2D eigenvalue weighted by Crippen LogP contribution is 2.22. The van der Waals surface area contributed by atoms with Crippen LogP contribution in [-0.4, -0.2) is 11.6 Å². The molecule has 3 nitrogen and oxygen atoms in total. The summed E-state index contributed by atoms with van der Waals surface area (Å²) in [5.41, 5.74) is 4.20. The molecule has 0 aliphatic heterocycles. The molecule has 0 bridgehead atoms. The zero-order valence-corrected chi connectivity index (χ0v) is 13.3. The summed E-state index contributed by atoms with van der Waals surface area (Å²) in [6, 6.07) is 11.9. The lowest BCUT2D eigenvalue weighted by Crippen LogP contribution is -2.19. The number of halogens is 3. The molecule has 2 aromatic rings. The van der Waals surface area contributed by atoms with E-state index in [9.17, 15) is 4.79 Å². The normalized spacial score (nSPS) is 11.3. The quantitative estimate of drug-likeness (QED) is 0.632. The molecule has 6 heteroatoms. The minimum Gasteiger partial charge on any atom is -0.267 e. The van der Waals surface area contributed by atoms with Crippen molar-refractivity contribution < 1.29 is 4.79 Å². The van der Waals surface area contributed by atoms with Gasteiger partial charge in [0.2, 0.25) is 0 Å². The van der Waals surface area contributed by atoms with Crippen LogP contribution in [0.15, 0.2) is 47.6 Å².